The highest BCUT2D eigenvalue weighted by Crippen LogP contribution is 2.03. The maximum Gasteiger partial charge on any atom is 0.222 e. The molecule has 5 nitrogen and oxygen atoms in total. The lowest BCUT2D eigenvalue weighted by Crippen LogP contribution is -2.30. The molecule has 2 aromatic rings. The molecule has 1 N–H and O–H groups in total. The number of carbonyl (C=O) groups excluding carboxylic acids is 1. The molecular weight excluding hydrogens is 228 g/mol. The third-order valence-electron chi connectivity index (χ3n) is 3.09. The molecule has 18 heavy (non-hydrogen) atoms. The van der Waals surface area contributed by atoms with Gasteiger partial charge in [-0.2, -0.15) is 0 Å². The largest absolute Gasteiger partial charge is 0.355 e. The summed E-state index contributed by atoms with van der Waals surface area (Å²) in [6.45, 7) is 4.54. The predicted octanol–water partition coefficient (Wildman–Crippen LogP) is 1.43. The van der Waals surface area contributed by atoms with E-state index in [-0.39, 0.29) is 11.8 Å². The minimum atomic E-state index is 0.0696. The van der Waals surface area contributed by atoms with Gasteiger partial charge in [0.15, 0.2) is 5.65 Å². The Kier molecular flexibility index (Phi) is 3.92. The van der Waals surface area contributed by atoms with Gasteiger partial charge in [-0.1, -0.05) is 19.9 Å². The molecule has 0 aromatic carbocycles. The van der Waals surface area contributed by atoms with Gasteiger partial charge in [-0.05, 0) is 18.6 Å². The minimum absolute atomic E-state index is 0.0696. The number of pyridine rings is 1. The number of hydrogen-bond acceptors (Lipinski definition) is 3. The summed E-state index contributed by atoms with van der Waals surface area (Å²) in [6.07, 6.45) is 3.48. The predicted molar refractivity (Wildman–Crippen MR) is 69.2 cm³/mol. The molecule has 0 aliphatic carbocycles. The van der Waals surface area contributed by atoms with Crippen molar-refractivity contribution in [3.8, 4) is 0 Å². The summed E-state index contributed by atoms with van der Waals surface area (Å²) >= 11 is 0. The van der Waals surface area contributed by atoms with Gasteiger partial charge in [0.2, 0.25) is 5.91 Å². The zero-order valence-electron chi connectivity index (χ0n) is 10.8. The van der Waals surface area contributed by atoms with Gasteiger partial charge in [0.05, 0.1) is 0 Å². The summed E-state index contributed by atoms with van der Waals surface area (Å²) in [6, 6.07) is 5.78. The SMILES string of the molecule is CCC(C)C(=O)NCCc1nnc2ccccn12. The maximum absolute atomic E-state index is 11.6. The molecule has 0 aliphatic heterocycles. The van der Waals surface area contributed by atoms with Crippen LogP contribution in [0.25, 0.3) is 5.65 Å². The van der Waals surface area contributed by atoms with Crippen LogP contribution in [0.3, 0.4) is 0 Å². The molecule has 1 amide bonds. The van der Waals surface area contributed by atoms with Crippen molar-refractivity contribution in [1.29, 1.82) is 0 Å². The monoisotopic (exact) mass is 246 g/mol. The van der Waals surface area contributed by atoms with Crippen LogP contribution >= 0.6 is 0 Å². The third kappa shape index (κ3) is 2.67. The maximum atomic E-state index is 11.6. The molecule has 0 spiro atoms. The summed E-state index contributed by atoms with van der Waals surface area (Å²) in [5, 5.41) is 11.1. The highest BCUT2D eigenvalue weighted by molar-refractivity contribution is 5.78. The summed E-state index contributed by atoms with van der Waals surface area (Å²) in [5.74, 6) is 1.04. The van der Waals surface area contributed by atoms with Crippen LogP contribution in [0.5, 0.6) is 0 Å². The summed E-state index contributed by atoms with van der Waals surface area (Å²) in [4.78, 5) is 11.6. The van der Waals surface area contributed by atoms with E-state index in [0.717, 1.165) is 17.9 Å². The fourth-order valence-corrected chi connectivity index (χ4v) is 1.72. The second-order valence-electron chi connectivity index (χ2n) is 4.40. The first-order valence-electron chi connectivity index (χ1n) is 6.28. The van der Waals surface area contributed by atoms with E-state index >= 15 is 0 Å². The molecule has 96 valence electrons. The lowest BCUT2D eigenvalue weighted by Gasteiger charge is -2.09. The Morgan fingerprint density at radius 3 is 3.06 bits per heavy atom. The van der Waals surface area contributed by atoms with Crippen LogP contribution in [-0.4, -0.2) is 27.0 Å². The van der Waals surface area contributed by atoms with Gasteiger partial charge in [-0.25, -0.2) is 0 Å². The van der Waals surface area contributed by atoms with Crippen LogP contribution in [-0.2, 0) is 11.2 Å². The molecule has 2 heterocycles. The van der Waals surface area contributed by atoms with Crippen LogP contribution in [0.2, 0.25) is 0 Å². The first kappa shape index (κ1) is 12.5. The van der Waals surface area contributed by atoms with Gasteiger partial charge in [0, 0.05) is 25.1 Å². The van der Waals surface area contributed by atoms with Crippen LogP contribution in [0, 0.1) is 5.92 Å². The Hall–Kier alpha value is -1.91. The molecule has 1 atom stereocenters. The topological polar surface area (TPSA) is 59.3 Å². The van der Waals surface area contributed by atoms with E-state index in [0.29, 0.717) is 13.0 Å². The van der Waals surface area contributed by atoms with Crippen molar-refractivity contribution in [3.05, 3.63) is 30.2 Å². The van der Waals surface area contributed by atoms with Crippen LogP contribution in [0.1, 0.15) is 26.1 Å². The smallest absolute Gasteiger partial charge is 0.222 e. The van der Waals surface area contributed by atoms with Crippen molar-refractivity contribution in [3.63, 3.8) is 0 Å². The van der Waals surface area contributed by atoms with Crippen molar-refractivity contribution in [2.45, 2.75) is 26.7 Å². The molecule has 2 rings (SSSR count). The number of rotatable bonds is 5. The minimum Gasteiger partial charge on any atom is -0.355 e. The number of hydrogen-bond donors (Lipinski definition) is 1. The zero-order valence-corrected chi connectivity index (χ0v) is 10.8. The van der Waals surface area contributed by atoms with Gasteiger partial charge < -0.3 is 5.32 Å². The van der Waals surface area contributed by atoms with E-state index in [1.807, 2.05) is 42.6 Å². The summed E-state index contributed by atoms with van der Waals surface area (Å²) in [7, 11) is 0. The van der Waals surface area contributed by atoms with Crippen LogP contribution in [0.15, 0.2) is 24.4 Å². The summed E-state index contributed by atoms with van der Waals surface area (Å²) < 4.78 is 1.94. The standard InChI is InChI=1S/C13H18N4O/c1-3-10(2)13(18)14-8-7-12-16-15-11-6-4-5-9-17(11)12/h4-6,9-10H,3,7-8H2,1-2H3,(H,14,18). The van der Waals surface area contributed by atoms with E-state index in [1.165, 1.54) is 0 Å². The quantitative estimate of drug-likeness (QED) is 0.868. The number of fused-ring (bicyclic) bond motifs is 1. The van der Waals surface area contributed by atoms with E-state index in [1.54, 1.807) is 0 Å². The molecule has 1 unspecified atom stereocenters. The molecule has 2 aromatic heterocycles. The number of amides is 1. The van der Waals surface area contributed by atoms with Crippen molar-refractivity contribution in [2.24, 2.45) is 5.92 Å². The van der Waals surface area contributed by atoms with Gasteiger partial charge in [-0.15, -0.1) is 10.2 Å². The van der Waals surface area contributed by atoms with Crippen molar-refractivity contribution in [1.82, 2.24) is 19.9 Å². The molecule has 0 saturated heterocycles. The Labute approximate surface area is 106 Å². The average Bonchev–Trinajstić information content (AvgIpc) is 2.81. The van der Waals surface area contributed by atoms with Gasteiger partial charge in [-0.3, -0.25) is 9.20 Å². The second-order valence-corrected chi connectivity index (χ2v) is 4.40. The van der Waals surface area contributed by atoms with E-state index in [9.17, 15) is 4.79 Å². The lowest BCUT2D eigenvalue weighted by molar-refractivity contribution is -0.124. The average molecular weight is 246 g/mol. The molecule has 0 aliphatic rings. The van der Waals surface area contributed by atoms with Gasteiger partial charge in [0.1, 0.15) is 5.82 Å². The van der Waals surface area contributed by atoms with E-state index < -0.39 is 0 Å². The fourth-order valence-electron chi connectivity index (χ4n) is 1.72. The Bertz CT molecular complexity index is 535. The molecule has 5 heteroatoms. The Morgan fingerprint density at radius 2 is 2.28 bits per heavy atom. The first-order valence-corrected chi connectivity index (χ1v) is 6.28. The van der Waals surface area contributed by atoms with Gasteiger partial charge >= 0.3 is 0 Å². The second kappa shape index (κ2) is 5.62. The van der Waals surface area contributed by atoms with Crippen molar-refractivity contribution < 1.29 is 4.79 Å². The summed E-state index contributed by atoms with van der Waals surface area (Å²) in [5.41, 5.74) is 0.834. The zero-order chi connectivity index (χ0) is 13.0. The van der Waals surface area contributed by atoms with Crippen molar-refractivity contribution in [2.75, 3.05) is 6.54 Å². The van der Waals surface area contributed by atoms with Gasteiger partial charge in [0.25, 0.3) is 0 Å². The highest BCUT2D eigenvalue weighted by Gasteiger charge is 2.10. The molecule has 0 radical (unpaired) electrons. The number of carbonyl (C=O) groups is 1. The molecule has 0 fully saturated rings. The fraction of sp³-hybridized carbons (Fsp3) is 0.462. The Balaban J connectivity index is 1.93. The number of aromatic nitrogens is 3. The van der Waals surface area contributed by atoms with Crippen molar-refractivity contribution >= 4 is 11.6 Å². The van der Waals surface area contributed by atoms with Crippen LogP contribution in [0.4, 0.5) is 0 Å². The normalized spacial score (nSPS) is 12.6. The third-order valence-corrected chi connectivity index (χ3v) is 3.09. The number of nitrogens with zero attached hydrogens (tertiary/aromatic N) is 3. The molecule has 0 saturated carbocycles. The van der Waals surface area contributed by atoms with E-state index in [2.05, 4.69) is 15.5 Å². The van der Waals surface area contributed by atoms with Crippen LogP contribution < -0.4 is 5.32 Å². The highest BCUT2D eigenvalue weighted by atomic mass is 16.1. The molecular formula is C13H18N4O. The van der Waals surface area contributed by atoms with E-state index in [4.69, 9.17) is 0 Å². The Morgan fingerprint density at radius 1 is 1.44 bits per heavy atom. The lowest BCUT2D eigenvalue weighted by atomic mass is 10.1. The molecule has 0 bridgehead atoms. The first-order chi connectivity index (χ1) is 8.72. The number of nitrogens with one attached hydrogen (secondary N) is 1.